The normalized spacial score (nSPS) is 42.5. The summed E-state index contributed by atoms with van der Waals surface area (Å²) in [5, 5.41) is 0. The Morgan fingerprint density at radius 2 is 1.81 bits per heavy atom. The van der Waals surface area contributed by atoms with Crippen molar-refractivity contribution >= 4 is 17.5 Å². The predicted octanol–water partition coefficient (Wildman–Crippen LogP) is 4.19. The number of esters is 1. The van der Waals surface area contributed by atoms with Crippen LogP contribution in [-0.4, -0.2) is 23.6 Å². The standard InChI is InChI=1S/C23H30O4/c1-13-10-16-17(24)6-7-18(25)23(16,11-14(13)2)20(26)27-19-21(3,4)15-8-9-22(19,5)12-15/h6-7,15-16,19H,8-12H2,1-5H3/t15-,16+,19-,22+,23-/m0/s1. The number of fused-ring (bicyclic) bond motifs is 3. The molecule has 146 valence electrons. The maximum atomic E-state index is 13.6. The molecule has 4 aliphatic rings. The summed E-state index contributed by atoms with van der Waals surface area (Å²) in [5.74, 6) is -0.950. The highest BCUT2D eigenvalue weighted by Gasteiger charge is 2.64. The maximum absolute atomic E-state index is 13.6. The zero-order chi connectivity index (χ0) is 19.8. The third-order valence-corrected chi connectivity index (χ3v) is 8.29. The molecule has 0 radical (unpaired) electrons. The second-order valence-corrected chi connectivity index (χ2v) is 10.3. The summed E-state index contributed by atoms with van der Waals surface area (Å²) in [5.41, 5.74) is 0.638. The minimum absolute atomic E-state index is 0.0248. The van der Waals surface area contributed by atoms with Gasteiger partial charge < -0.3 is 4.74 Å². The Balaban J connectivity index is 1.72. The molecule has 2 saturated carbocycles. The first-order valence-electron chi connectivity index (χ1n) is 10.1. The molecule has 4 nitrogen and oxygen atoms in total. The van der Waals surface area contributed by atoms with Crippen molar-refractivity contribution in [3.8, 4) is 0 Å². The lowest BCUT2D eigenvalue weighted by molar-refractivity contribution is -0.183. The highest BCUT2D eigenvalue weighted by Crippen LogP contribution is 2.64. The zero-order valence-corrected chi connectivity index (χ0v) is 17.1. The lowest BCUT2D eigenvalue weighted by Crippen LogP contribution is -2.55. The van der Waals surface area contributed by atoms with E-state index in [0.29, 0.717) is 18.8 Å². The number of ether oxygens (including phenoxy) is 1. The summed E-state index contributed by atoms with van der Waals surface area (Å²) in [6, 6.07) is 0. The van der Waals surface area contributed by atoms with Gasteiger partial charge in [0.15, 0.2) is 11.6 Å². The Bertz CT molecular complexity index is 796. The molecule has 4 aliphatic carbocycles. The van der Waals surface area contributed by atoms with Crippen molar-refractivity contribution in [2.24, 2.45) is 28.1 Å². The van der Waals surface area contributed by atoms with E-state index in [0.717, 1.165) is 24.0 Å². The zero-order valence-electron chi connectivity index (χ0n) is 17.1. The summed E-state index contributed by atoms with van der Waals surface area (Å²) in [4.78, 5) is 39.2. The quantitative estimate of drug-likeness (QED) is 0.415. The Morgan fingerprint density at radius 3 is 2.44 bits per heavy atom. The molecule has 0 amide bonds. The largest absolute Gasteiger partial charge is 0.460 e. The van der Waals surface area contributed by atoms with Gasteiger partial charge in [0.05, 0.1) is 0 Å². The Hall–Kier alpha value is -1.71. The van der Waals surface area contributed by atoms with Gasteiger partial charge in [0.2, 0.25) is 0 Å². The van der Waals surface area contributed by atoms with E-state index < -0.39 is 17.3 Å². The van der Waals surface area contributed by atoms with E-state index in [1.54, 1.807) is 0 Å². The van der Waals surface area contributed by atoms with Crippen LogP contribution in [-0.2, 0) is 19.1 Å². The molecule has 4 heteroatoms. The fourth-order valence-electron chi connectivity index (χ4n) is 6.45. The van der Waals surface area contributed by atoms with Crippen LogP contribution in [0.3, 0.4) is 0 Å². The summed E-state index contributed by atoms with van der Waals surface area (Å²) in [6.07, 6.45) is 6.49. The summed E-state index contributed by atoms with van der Waals surface area (Å²) in [6.45, 7) is 10.5. The third kappa shape index (κ3) is 2.37. The average molecular weight is 370 g/mol. The third-order valence-electron chi connectivity index (χ3n) is 8.29. The van der Waals surface area contributed by atoms with Gasteiger partial charge in [0.1, 0.15) is 11.5 Å². The fraction of sp³-hybridized carbons (Fsp3) is 0.696. The first-order chi connectivity index (χ1) is 12.5. The predicted molar refractivity (Wildman–Crippen MR) is 102 cm³/mol. The highest BCUT2D eigenvalue weighted by atomic mass is 16.5. The highest BCUT2D eigenvalue weighted by molar-refractivity contribution is 6.18. The molecule has 2 fully saturated rings. The molecule has 0 saturated heterocycles. The summed E-state index contributed by atoms with van der Waals surface area (Å²) < 4.78 is 6.20. The van der Waals surface area contributed by atoms with E-state index in [4.69, 9.17) is 4.74 Å². The lowest BCUT2D eigenvalue weighted by atomic mass is 9.59. The first-order valence-corrected chi connectivity index (χ1v) is 10.1. The van der Waals surface area contributed by atoms with E-state index in [1.807, 2.05) is 13.8 Å². The molecule has 0 aromatic carbocycles. The summed E-state index contributed by atoms with van der Waals surface area (Å²) in [7, 11) is 0. The van der Waals surface area contributed by atoms with Crippen molar-refractivity contribution in [3.05, 3.63) is 23.3 Å². The SMILES string of the molecule is CC1=C(C)C[C@@]2(C(=O)O[C@H]3C(C)(C)[C@H]4CC[C@]3(C)C4)C(=O)C=CC(=O)[C@H]2C1. The van der Waals surface area contributed by atoms with Gasteiger partial charge in [0.25, 0.3) is 0 Å². The molecule has 0 spiro atoms. The molecule has 0 aliphatic heterocycles. The van der Waals surface area contributed by atoms with Crippen molar-refractivity contribution in [3.63, 3.8) is 0 Å². The minimum Gasteiger partial charge on any atom is -0.460 e. The number of allylic oxidation sites excluding steroid dienone is 4. The van der Waals surface area contributed by atoms with E-state index >= 15 is 0 Å². The molecule has 5 atom stereocenters. The molecular weight excluding hydrogens is 340 g/mol. The van der Waals surface area contributed by atoms with Gasteiger partial charge in [-0.05, 0) is 64.0 Å². The maximum Gasteiger partial charge on any atom is 0.321 e. The molecule has 4 rings (SSSR count). The van der Waals surface area contributed by atoms with Crippen LogP contribution in [0, 0.1) is 28.1 Å². The van der Waals surface area contributed by atoms with Crippen LogP contribution in [0.4, 0.5) is 0 Å². The molecule has 0 heterocycles. The van der Waals surface area contributed by atoms with Gasteiger partial charge in [0, 0.05) is 16.7 Å². The molecule has 27 heavy (non-hydrogen) atoms. The van der Waals surface area contributed by atoms with Crippen molar-refractivity contribution in [1.29, 1.82) is 0 Å². The second-order valence-electron chi connectivity index (χ2n) is 10.3. The molecule has 0 aromatic rings. The van der Waals surface area contributed by atoms with Crippen LogP contribution in [0.15, 0.2) is 23.3 Å². The molecule has 0 unspecified atom stereocenters. The van der Waals surface area contributed by atoms with Crippen LogP contribution >= 0.6 is 0 Å². The van der Waals surface area contributed by atoms with E-state index in [2.05, 4.69) is 20.8 Å². The van der Waals surface area contributed by atoms with Gasteiger partial charge in [-0.1, -0.05) is 31.9 Å². The average Bonchev–Trinajstić information content (AvgIpc) is 3.08. The summed E-state index contributed by atoms with van der Waals surface area (Å²) >= 11 is 0. The van der Waals surface area contributed by atoms with Crippen molar-refractivity contribution in [1.82, 2.24) is 0 Å². The van der Waals surface area contributed by atoms with Crippen LogP contribution in [0.1, 0.15) is 66.7 Å². The van der Waals surface area contributed by atoms with Crippen LogP contribution < -0.4 is 0 Å². The number of rotatable bonds is 2. The van der Waals surface area contributed by atoms with Gasteiger partial charge in [-0.2, -0.15) is 0 Å². The second kappa shape index (κ2) is 5.65. The number of hydrogen-bond donors (Lipinski definition) is 0. The Morgan fingerprint density at radius 1 is 1.11 bits per heavy atom. The monoisotopic (exact) mass is 370 g/mol. The Labute approximate surface area is 161 Å². The van der Waals surface area contributed by atoms with E-state index in [9.17, 15) is 14.4 Å². The van der Waals surface area contributed by atoms with Crippen LogP contribution in [0.2, 0.25) is 0 Å². The van der Waals surface area contributed by atoms with Crippen LogP contribution in [0.5, 0.6) is 0 Å². The molecular formula is C23H30O4. The van der Waals surface area contributed by atoms with Crippen molar-refractivity contribution in [2.75, 3.05) is 0 Å². The molecule has 0 aromatic heterocycles. The smallest absolute Gasteiger partial charge is 0.321 e. The van der Waals surface area contributed by atoms with Gasteiger partial charge in [-0.3, -0.25) is 14.4 Å². The number of ketones is 2. The van der Waals surface area contributed by atoms with Gasteiger partial charge >= 0.3 is 5.97 Å². The number of hydrogen-bond acceptors (Lipinski definition) is 4. The topological polar surface area (TPSA) is 60.4 Å². The minimum atomic E-state index is -1.37. The molecule has 2 bridgehead atoms. The van der Waals surface area contributed by atoms with Crippen molar-refractivity contribution < 1.29 is 19.1 Å². The number of carbonyl (C=O) groups is 3. The van der Waals surface area contributed by atoms with Gasteiger partial charge in [-0.15, -0.1) is 0 Å². The van der Waals surface area contributed by atoms with Crippen molar-refractivity contribution in [2.45, 2.75) is 72.8 Å². The van der Waals surface area contributed by atoms with E-state index in [1.165, 1.54) is 18.6 Å². The van der Waals surface area contributed by atoms with Gasteiger partial charge in [-0.25, -0.2) is 0 Å². The van der Waals surface area contributed by atoms with E-state index in [-0.39, 0.29) is 28.5 Å². The lowest BCUT2D eigenvalue weighted by Gasteiger charge is -2.46. The Kier molecular flexibility index (Phi) is 3.90. The fourth-order valence-corrected chi connectivity index (χ4v) is 6.45. The first kappa shape index (κ1) is 18.6. The molecule has 0 N–H and O–H groups in total. The van der Waals surface area contributed by atoms with Crippen LogP contribution in [0.25, 0.3) is 0 Å². The number of carbonyl (C=O) groups excluding carboxylic acids is 3.